The Kier molecular flexibility index (Phi) is 6.55. The van der Waals surface area contributed by atoms with Crippen LogP contribution in [0.4, 0.5) is 17.1 Å². The molecule has 0 bridgehead atoms. The highest BCUT2D eigenvalue weighted by Gasteiger charge is 2.19. The van der Waals surface area contributed by atoms with Gasteiger partial charge in [-0.05, 0) is 87.4 Å². The molecule has 0 fully saturated rings. The van der Waals surface area contributed by atoms with E-state index in [1.807, 2.05) is 24.3 Å². The molecule has 248 valence electrons. The fourth-order valence-electron chi connectivity index (χ4n) is 8.12. The van der Waals surface area contributed by atoms with Crippen molar-refractivity contribution in [3.63, 3.8) is 0 Å². The Bertz CT molecular complexity index is 3170. The van der Waals surface area contributed by atoms with Crippen molar-refractivity contribution in [3.05, 3.63) is 188 Å². The first-order valence-electron chi connectivity index (χ1n) is 18.0. The first-order valence-corrected chi connectivity index (χ1v) is 18.0. The lowest BCUT2D eigenvalue weighted by Gasteiger charge is -2.28. The molecule has 2 heterocycles. The number of benzene rings is 9. The van der Waals surface area contributed by atoms with Crippen LogP contribution in [0.1, 0.15) is 0 Å². The van der Waals surface area contributed by atoms with Crippen LogP contribution in [0, 0.1) is 0 Å². The molecule has 11 aromatic rings. The summed E-state index contributed by atoms with van der Waals surface area (Å²) in [5.41, 5.74) is 11.3. The standard InChI is InChI=1S/C50H31NO2/c1-2-11-38-35(10-1)30-46(41-13-4-3-12-40(38)41)51(36-25-20-32(21-26-36)34-24-29-44-42-14-5-7-18-47(42)52-49(44)31-34)37-27-22-33(23-28-37)39-16-9-17-45-43-15-6-8-19-48(43)53-50(39)45/h1-31H. The number of rotatable bonds is 5. The van der Waals surface area contributed by atoms with Crippen molar-refractivity contribution >= 4 is 82.5 Å². The Balaban J connectivity index is 1.05. The van der Waals surface area contributed by atoms with Crippen LogP contribution in [0.5, 0.6) is 0 Å². The van der Waals surface area contributed by atoms with E-state index in [9.17, 15) is 0 Å². The van der Waals surface area contributed by atoms with Gasteiger partial charge in [0.2, 0.25) is 0 Å². The summed E-state index contributed by atoms with van der Waals surface area (Å²) in [6.07, 6.45) is 0. The van der Waals surface area contributed by atoms with Gasteiger partial charge in [-0.1, -0.05) is 133 Å². The predicted octanol–water partition coefficient (Wildman–Crippen LogP) is 14.6. The van der Waals surface area contributed by atoms with E-state index in [-0.39, 0.29) is 0 Å². The van der Waals surface area contributed by atoms with Gasteiger partial charge < -0.3 is 13.7 Å². The summed E-state index contributed by atoms with van der Waals surface area (Å²) in [5.74, 6) is 0. The molecule has 0 unspecified atom stereocenters. The molecule has 0 N–H and O–H groups in total. The van der Waals surface area contributed by atoms with E-state index in [4.69, 9.17) is 8.83 Å². The van der Waals surface area contributed by atoms with E-state index in [1.54, 1.807) is 0 Å². The maximum absolute atomic E-state index is 6.41. The van der Waals surface area contributed by atoms with Crippen LogP contribution < -0.4 is 4.90 Å². The number of anilines is 3. The number of hydrogen-bond donors (Lipinski definition) is 0. The summed E-state index contributed by atoms with van der Waals surface area (Å²) < 4.78 is 12.6. The lowest BCUT2D eigenvalue weighted by Crippen LogP contribution is -2.10. The normalized spacial score (nSPS) is 11.8. The molecule has 0 aliphatic carbocycles. The lowest BCUT2D eigenvalue weighted by atomic mass is 9.98. The molecule has 0 radical (unpaired) electrons. The topological polar surface area (TPSA) is 29.5 Å². The van der Waals surface area contributed by atoms with Gasteiger partial charge in [0, 0.05) is 43.9 Å². The summed E-state index contributed by atoms with van der Waals surface area (Å²) >= 11 is 0. The fourth-order valence-corrected chi connectivity index (χ4v) is 8.12. The molecule has 0 amide bonds. The smallest absolute Gasteiger partial charge is 0.143 e. The summed E-state index contributed by atoms with van der Waals surface area (Å²) in [6.45, 7) is 0. The minimum atomic E-state index is 0.899. The molecule has 3 heteroatoms. The van der Waals surface area contributed by atoms with Crippen molar-refractivity contribution in [2.24, 2.45) is 0 Å². The van der Waals surface area contributed by atoms with E-state index in [0.29, 0.717) is 0 Å². The van der Waals surface area contributed by atoms with E-state index in [0.717, 1.165) is 83.2 Å². The zero-order valence-electron chi connectivity index (χ0n) is 28.7. The third-order valence-corrected chi connectivity index (χ3v) is 10.7. The molecular formula is C50H31NO2. The average molecular weight is 678 g/mol. The molecule has 0 atom stereocenters. The summed E-state index contributed by atoms with van der Waals surface area (Å²) in [5, 5.41) is 9.42. The third kappa shape index (κ3) is 4.75. The maximum Gasteiger partial charge on any atom is 0.143 e. The van der Waals surface area contributed by atoms with Crippen LogP contribution in [0.3, 0.4) is 0 Å². The first kappa shape index (κ1) is 29.6. The second-order valence-electron chi connectivity index (χ2n) is 13.7. The number of para-hydroxylation sites is 3. The van der Waals surface area contributed by atoms with Gasteiger partial charge in [0.05, 0.1) is 5.69 Å². The predicted molar refractivity (Wildman–Crippen MR) is 222 cm³/mol. The highest BCUT2D eigenvalue weighted by molar-refractivity contribution is 6.15. The Morgan fingerprint density at radius 1 is 0.321 bits per heavy atom. The van der Waals surface area contributed by atoms with Crippen molar-refractivity contribution in [2.75, 3.05) is 4.90 Å². The molecule has 53 heavy (non-hydrogen) atoms. The largest absolute Gasteiger partial charge is 0.456 e. The van der Waals surface area contributed by atoms with Gasteiger partial charge in [-0.15, -0.1) is 0 Å². The Hall–Kier alpha value is -7.10. The zero-order valence-corrected chi connectivity index (χ0v) is 28.7. The Labute approximate surface area is 305 Å². The molecule has 9 aromatic carbocycles. The fraction of sp³-hybridized carbons (Fsp3) is 0. The first-order chi connectivity index (χ1) is 26.3. The highest BCUT2D eigenvalue weighted by Crippen LogP contribution is 2.44. The van der Waals surface area contributed by atoms with Crippen molar-refractivity contribution in [1.82, 2.24) is 0 Å². The van der Waals surface area contributed by atoms with Gasteiger partial charge in [-0.3, -0.25) is 0 Å². The van der Waals surface area contributed by atoms with Gasteiger partial charge in [0.15, 0.2) is 0 Å². The molecule has 0 aliphatic rings. The van der Waals surface area contributed by atoms with Crippen LogP contribution in [0.15, 0.2) is 197 Å². The van der Waals surface area contributed by atoms with Crippen LogP contribution in [0.2, 0.25) is 0 Å². The zero-order chi connectivity index (χ0) is 34.9. The maximum atomic E-state index is 6.41. The molecule has 0 saturated carbocycles. The molecule has 2 aromatic heterocycles. The second kappa shape index (κ2) is 11.7. The van der Waals surface area contributed by atoms with E-state index >= 15 is 0 Å². The monoisotopic (exact) mass is 677 g/mol. The van der Waals surface area contributed by atoms with Crippen molar-refractivity contribution < 1.29 is 8.83 Å². The van der Waals surface area contributed by atoms with Crippen LogP contribution in [0.25, 0.3) is 87.7 Å². The van der Waals surface area contributed by atoms with Crippen molar-refractivity contribution in [1.29, 1.82) is 0 Å². The minimum absolute atomic E-state index is 0.899. The van der Waals surface area contributed by atoms with Crippen LogP contribution in [-0.2, 0) is 0 Å². The van der Waals surface area contributed by atoms with Crippen molar-refractivity contribution in [3.8, 4) is 22.3 Å². The summed E-state index contributed by atoms with van der Waals surface area (Å²) in [6, 6.07) is 66.9. The van der Waals surface area contributed by atoms with Crippen LogP contribution >= 0.6 is 0 Å². The quantitative estimate of drug-likeness (QED) is 0.170. The number of nitrogens with zero attached hydrogens (tertiary/aromatic N) is 1. The minimum Gasteiger partial charge on any atom is -0.456 e. The highest BCUT2D eigenvalue weighted by atomic mass is 16.3. The molecule has 0 aliphatic heterocycles. The average Bonchev–Trinajstić information content (AvgIpc) is 3.80. The van der Waals surface area contributed by atoms with Crippen LogP contribution in [-0.4, -0.2) is 0 Å². The van der Waals surface area contributed by atoms with E-state index in [2.05, 4.69) is 169 Å². The van der Waals surface area contributed by atoms with Gasteiger partial charge in [0.1, 0.15) is 22.3 Å². The molecular weight excluding hydrogens is 647 g/mol. The molecule has 0 spiro atoms. The summed E-state index contributed by atoms with van der Waals surface area (Å²) in [4.78, 5) is 2.38. The Morgan fingerprint density at radius 2 is 0.868 bits per heavy atom. The number of hydrogen-bond acceptors (Lipinski definition) is 3. The van der Waals surface area contributed by atoms with Gasteiger partial charge in [-0.25, -0.2) is 0 Å². The Morgan fingerprint density at radius 3 is 1.62 bits per heavy atom. The van der Waals surface area contributed by atoms with Gasteiger partial charge >= 0.3 is 0 Å². The third-order valence-electron chi connectivity index (χ3n) is 10.7. The van der Waals surface area contributed by atoms with Crippen molar-refractivity contribution in [2.45, 2.75) is 0 Å². The SMILES string of the molecule is c1ccc2c(c1)cc(N(c1ccc(-c3ccc4c(c3)oc3ccccc34)cc1)c1ccc(-c3cccc4c3oc3ccccc34)cc1)c1ccccc12. The van der Waals surface area contributed by atoms with E-state index in [1.165, 1.54) is 21.5 Å². The van der Waals surface area contributed by atoms with E-state index < -0.39 is 0 Å². The van der Waals surface area contributed by atoms with Gasteiger partial charge in [-0.2, -0.15) is 0 Å². The number of furan rings is 2. The van der Waals surface area contributed by atoms with Gasteiger partial charge in [0.25, 0.3) is 0 Å². The molecule has 3 nitrogen and oxygen atoms in total. The molecule has 0 saturated heterocycles. The number of fused-ring (bicyclic) bond motifs is 9. The lowest BCUT2D eigenvalue weighted by molar-refractivity contribution is 0.669. The second-order valence-corrected chi connectivity index (χ2v) is 13.7. The summed E-state index contributed by atoms with van der Waals surface area (Å²) in [7, 11) is 0. The molecule has 11 rings (SSSR count).